The van der Waals surface area contributed by atoms with E-state index in [0.29, 0.717) is 28.8 Å². The maximum atomic E-state index is 12.3. The summed E-state index contributed by atoms with van der Waals surface area (Å²) in [5, 5.41) is 14.5. The molecule has 1 aromatic carbocycles. The second-order valence-corrected chi connectivity index (χ2v) is 6.78. The number of aromatic nitrogens is 1. The van der Waals surface area contributed by atoms with Crippen LogP contribution in [0, 0.1) is 23.2 Å². The van der Waals surface area contributed by atoms with Crippen LogP contribution in [0.4, 0.5) is 19.3 Å². The second kappa shape index (κ2) is 7.72. The van der Waals surface area contributed by atoms with E-state index in [1.54, 1.807) is 12.3 Å². The zero-order valence-corrected chi connectivity index (χ0v) is 15.1. The molecule has 8 heteroatoms. The van der Waals surface area contributed by atoms with Crippen molar-refractivity contribution in [3.8, 4) is 11.8 Å². The number of rotatable bonds is 5. The molecular formula is C21H16F2N4O2. The molecule has 0 aliphatic heterocycles. The Morgan fingerprint density at radius 2 is 2.03 bits per heavy atom. The molecule has 146 valence electrons. The van der Waals surface area contributed by atoms with Gasteiger partial charge in [-0.25, -0.2) is 4.79 Å². The number of ether oxygens (including phenoxy) is 1. The first-order valence-corrected chi connectivity index (χ1v) is 8.93. The minimum absolute atomic E-state index is 0.0153. The monoisotopic (exact) mass is 394 g/mol. The van der Waals surface area contributed by atoms with Gasteiger partial charge in [0.15, 0.2) is 0 Å². The number of fused-ring (bicyclic) bond motifs is 1. The van der Waals surface area contributed by atoms with Gasteiger partial charge in [-0.1, -0.05) is 6.08 Å². The number of allylic oxidation sites excluding steroid dienone is 3. The molecule has 29 heavy (non-hydrogen) atoms. The summed E-state index contributed by atoms with van der Waals surface area (Å²) in [6, 6.07) is 9.08. The van der Waals surface area contributed by atoms with E-state index in [9.17, 15) is 13.6 Å². The number of carbonyl (C=O) groups excluding carboxylic acids is 1. The Labute approximate surface area is 165 Å². The summed E-state index contributed by atoms with van der Waals surface area (Å²) in [6.45, 7) is -2.90. The molecule has 1 aromatic heterocycles. The Balaban J connectivity index is 1.43. The molecule has 0 bridgehead atoms. The van der Waals surface area contributed by atoms with Gasteiger partial charge in [-0.15, -0.1) is 0 Å². The van der Waals surface area contributed by atoms with Crippen molar-refractivity contribution in [1.82, 2.24) is 10.3 Å². The molecule has 2 aromatic rings. The second-order valence-electron chi connectivity index (χ2n) is 6.78. The van der Waals surface area contributed by atoms with Crippen LogP contribution in [0.25, 0.3) is 5.57 Å². The first kappa shape index (κ1) is 18.6. The number of urea groups is 1. The fourth-order valence-corrected chi connectivity index (χ4v) is 3.36. The normalized spacial score (nSPS) is 19.4. The highest BCUT2D eigenvalue weighted by atomic mass is 19.3. The van der Waals surface area contributed by atoms with Crippen LogP contribution in [0.2, 0.25) is 0 Å². The number of nitrogens with one attached hydrogen (secondary N) is 2. The molecule has 4 rings (SSSR count). The van der Waals surface area contributed by atoms with Crippen LogP contribution in [-0.2, 0) is 0 Å². The van der Waals surface area contributed by atoms with E-state index >= 15 is 0 Å². The van der Waals surface area contributed by atoms with Crippen molar-refractivity contribution in [1.29, 1.82) is 5.26 Å². The first-order valence-electron chi connectivity index (χ1n) is 8.93. The molecule has 2 atom stereocenters. The van der Waals surface area contributed by atoms with Crippen molar-refractivity contribution in [2.24, 2.45) is 11.8 Å². The number of nitrogens with zero attached hydrogens (tertiary/aromatic N) is 2. The van der Waals surface area contributed by atoms with E-state index < -0.39 is 12.6 Å². The van der Waals surface area contributed by atoms with Crippen LogP contribution in [0.15, 0.2) is 60.6 Å². The molecule has 0 spiro atoms. The smallest absolute Gasteiger partial charge is 0.387 e. The lowest BCUT2D eigenvalue weighted by Gasteiger charge is -2.15. The van der Waals surface area contributed by atoms with Gasteiger partial charge in [0.1, 0.15) is 11.8 Å². The van der Waals surface area contributed by atoms with Crippen LogP contribution < -0.4 is 15.4 Å². The third kappa shape index (κ3) is 4.41. The number of anilines is 1. The average Bonchev–Trinajstić information content (AvgIpc) is 3.48. The Hall–Kier alpha value is -3.73. The summed E-state index contributed by atoms with van der Waals surface area (Å²) in [6.07, 6.45) is 8.12. The Kier molecular flexibility index (Phi) is 4.96. The van der Waals surface area contributed by atoms with Gasteiger partial charge < -0.3 is 15.4 Å². The zero-order chi connectivity index (χ0) is 20.4. The van der Waals surface area contributed by atoms with Crippen LogP contribution >= 0.6 is 0 Å². The maximum Gasteiger partial charge on any atom is 0.387 e. The topological polar surface area (TPSA) is 87.0 Å². The van der Waals surface area contributed by atoms with E-state index in [4.69, 9.17) is 5.26 Å². The Bertz CT molecular complexity index is 1040. The number of pyridine rings is 1. The van der Waals surface area contributed by atoms with Crippen molar-refractivity contribution in [3.05, 3.63) is 71.7 Å². The predicted octanol–water partition coefficient (Wildman–Crippen LogP) is 4.29. The standard InChI is InChI=1S/C21H16F2N4O2/c22-20(23)29-17-3-1-15(2-4-17)26-21(28)27-16-6-13-7-18(13)19(8-16)14-5-12(9-24)10-25-11-14/h1-6,8,10-11,13,18,20H,7H2,(H2,26,27,28). The number of hydrogen-bond acceptors (Lipinski definition) is 4. The molecule has 0 radical (unpaired) electrons. The summed E-state index contributed by atoms with van der Waals surface area (Å²) in [4.78, 5) is 16.4. The highest BCUT2D eigenvalue weighted by Gasteiger charge is 2.41. The summed E-state index contributed by atoms with van der Waals surface area (Å²) >= 11 is 0. The average molecular weight is 394 g/mol. The minimum atomic E-state index is -2.90. The summed E-state index contributed by atoms with van der Waals surface area (Å²) in [5.74, 6) is 0.741. The van der Waals surface area contributed by atoms with E-state index in [1.807, 2.05) is 12.2 Å². The maximum absolute atomic E-state index is 12.3. The number of amides is 2. The molecule has 1 saturated carbocycles. The van der Waals surface area contributed by atoms with Gasteiger partial charge in [0, 0.05) is 23.8 Å². The van der Waals surface area contributed by atoms with E-state index in [-0.39, 0.29) is 5.75 Å². The van der Waals surface area contributed by atoms with Crippen molar-refractivity contribution in [2.75, 3.05) is 5.32 Å². The van der Waals surface area contributed by atoms with Gasteiger partial charge in [0.25, 0.3) is 0 Å². The number of nitriles is 1. The van der Waals surface area contributed by atoms with Gasteiger partial charge in [0.05, 0.1) is 5.56 Å². The van der Waals surface area contributed by atoms with E-state index in [0.717, 1.165) is 17.6 Å². The van der Waals surface area contributed by atoms with Crippen LogP contribution in [-0.4, -0.2) is 17.6 Å². The molecule has 2 aliphatic rings. The lowest BCUT2D eigenvalue weighted by atomic mass is 9.96. The third-order valence-corrected chi connectivity index (χ3v) is 4.74. The van der Waals surface area contributed by atoms with Crippen LogP contribution in [0.1, 0.15) is 17.5 Å². The summed E-state index contributed by atoms with van der Waals surface area (Å²) < 4.78 is 28.7. The zero-order valence-electron chi connectivity index (χ0n) is 15.1. The van der Waals surface area contributed by atoms with Crippen molar-refractivity contribution in [3.63, 3.8) is 0 Å². The van der Waals surface area contributed by atoms with Gasteiger partial charge in [-0.3, -0.25) is 4.98 Å². The number of halogens is 2. The van der Waals surface area contributed by atoms with Gasteiger partial charge in [-0.05, 0) is 65.8 Å². The Morgan fingerprint density at radius 1 is 1.24 bits per heavy atom. The third-order valence-electron chi connectivity index (χ3n) is 4.74. The van der Waals surface area contributed by atoms with Crippen molar-refractivity contribution >= 4 is 17.3 Å². The molecule has 2 unspecified atom stereocenters. The van der Waals surface area contributed by atoms with Crippen LogP contribution in [0.3, 0.4) is 0 Å². The molecular weight excluding hydrogens is 378 g/mol. The summed E-state index contributed by atoms with van der Waals surface area (Å²) in [7, 11) is 0. The highest BCUT2D eigenvalue weighted by Crippen LogP contribution is 2.52. The van der Waals surface area contributed by atoms with E-state index in [2.05, 4.69) is 26.4 Å². The van der Waals surface area contributed by atoms with Crippen LogP contribution in [0.5, 0.6) is 5.75 Å². The molecule has 1 fully saturated rings. The molecule has 2 N–H and O–H groups in total. The van der Waals surface area contributed by atoms with Gasteiger partial charge in [-0.2, -0.15) is 14.0 Å². The van der Waals surface area contributed by atoms with Gasteiger partial charge in [0.2, 0.25) is 0 Å². The summed E-state index contributed by atoms with van der Waals surface area (Å²) in [5.41, 5.74) is 3.52. The first-order chi connectivity index (χ1) is 14.0. The highest BCUT2D eigenvalue weighted by molar-refractivity contribution is 5.91. The predicted molar refractivity (Wildman–Crippen MR) is 102 cm³/mol. The molecule has 0 saturated heterocycles. The minimum Gasteiger partial charge on any atom is -0.435 e. The SMILES string of the molecule is N#Cc1cncc(C2=CC(NC(=O)Nc3ccc(OC(F)F)cc3)=CC3CC23)c1. The number of carbonyl (C=O) groups is 1. The molecule has 2 aliphatic carbocycles. The number of hydrogen-bond donors (Lipinski definition) is 2. The molecule has 2 amide bonds. The fraction of sp³-hybridized carbons (Fsp3) is 0.190. The lowest BCUT2D eigenvalue weighted by Crippen LogP contribution is -2.28. The number of benzene rings is 1. The number of alkyl halides is 2. The van der Waals surface area contributed by atoms with Crippen molar-refractivity contribution < 1.29 is 18.3 Å². The molecule has 1 heterocycles. The van der Waals surface area contributed by atoms with Gasteiger partial charge >= 0.3 is 12.6 Å². The molecule has 6 nitrogen and oxygen atoms in total. The fourth-order valence-electron chi connectivity index (χ4n) is 3.36. The quantitative estimate of drug-likeness (QED) is 0.792. The van der Waals surface area contributed by atoms with E-state index in [1.165, 1.54) is 30.5 Å². The van der Waals surface area contributed by atoms with Crippen molar-refractivity contribution in [2.45, 2.75) is 13.0 Å². The largest absolute Gasteiger partial charge is 0.435 e. The lowest BCUT2D eigenvalue weighted by molar-refractivity contribution is -0.0498. The Morgan fingerprint density at radius 3 is 2.76 bits per heavy atom.